The molecule has 2 N–H and O–H groups in total. The van der Waals surface area contributed by atoms with Gasteiger partial charge < -0.3 is 5.32 Å². The minimum atomic E-state index is -0.145. The molecule has 0 atom stereocenters. The summed E-state index contributed by atoms with van der Waals surface area (Å²) in [6.07, 6.45) is 7.70. The summed E-state index contributed by atoms with van der Waals surface area (Å²) >= 11 is 6.42. The van der Waals surface area contributed by atoms with E-state index in [2.05, 4.69) is 15.8 Å². The lowest BCUT2D eigenvalue weighted by Crippen LogP contribution is -2.24. The quantitative estimate of drug-likeness (QED) is 0.766. The van der Waals surface area contributed by atoms with Crippen molar-refractivity contribution >= 4 is 33.9 Å². The Labute approximate surface area is 140 Å². The molecular weight excluding hydrogens is 310 g/mol. The van der Waals surface area contributed by atoms with Gasteiger partial charge in [0.1, 0.15) is 0 Å². The molecule has 0 unspecified atom stereocenters. The lowest BCUT2D eigenvalue weighted by atomic mass is 9.82. The maximum atomic E-state index is 12.3. The molecule has 1 saturated carbocycles. The predicted octanol–water partition coefficient (Wildman–Crippen LogP) is 4.01. The number of anilines is 1. The number of carbonyl (C=O) groups is 1. The summed E-state index contributed by atoms with van der Waals surface area (Å²) in [5.74, 6) is 0.213. The standard InChI is InChI=1S/C18H18ClN3O/c19-13-10-15(20-14-9-5-4-8-12(13)14)16-17(21-22-18(16)23)11-6-2-1-3-7-11/h4-5,8-11,20H,1-3,6-7H2,(H,22,23). The van der Waals surface area contributed by atoms with E-state index in [1.807, 2.05) is 30.3 Å². The summed E-state index contributed by atoms with van der Waals surface area (Å²) in [5, 5.41) is 8.31. The van der Waals surface area contributed by atoms with Gasteiger partial charge in [-0.15, -0.1) is 0 Å². The fourth-order valence-corrected chi connectivity index (χ4v) is 3.87. The van der Waals surface area contributed by atoms with E-state index in [9.17, 15) is 4.79 Å². The third-order valence-electron chi connectivity index (χ3n) is 4.75. The molecule has 23 heavy (non-hydrogen) atoms. The van der Waals surface area contributed by atoms with Crippen LogP contribution in [0, 0.1) is 5.92 Å². The van der Waals surface area contributed by atoms with Gasteiger partial charge in [-0.3, -0.25) is 4.79 Å². The first-order valence-electron chi connectivity index (χ1n) is 8.10. The number of halogens is 1. The van der Waals surface area contributed by atoms with Gasteiger partial charge in [-0.2, -0.15) is 5.10 Å². The van der Waals surface area contributed by atoms with Crippen molar-refractivity contribution in [3.05, 3.63) is 47.2 Å². The number of fused-ring (bicyclic) bond motifs is 1. The van der Waals surface area contributed by atoms with Gasteiger partial charge >= 0.3 is 0 Å². The minimum Gasteiger partial charge on any atom is -0.354 e. The van der Waals surface area contributed by atoms with Gasteiger partial charge in [0.15, 0.2) is 0 Å². The molecule has 0 aromatic heterocycles. The zero-order valence-corrected chi connectivity index (χ0v) is 13.5. The van der Waals surface area contributed by atoms with Crippen LogP contribution in [0.5, 0.6) is 0 Å². The number of nitrogens with zero attached hydrogens (tertiary/aromatic N) is 1. The second-order valence-electron chi connectivity index (χ2n) is 6.22. The Morgan fingerprint density at radius 2 is 1.91 bits per heavy atom. The van der Waals surface area contributed by atoms with E-state index in [1.165, 1.54) is 19.3 Å². The summed E-state index contributed by atoms with van der Waals surface area (Å²) in [4.78, 5) is 12.3. The maximum Gasteiger partial charge on any atom is 0.275 e. The van der Waals surface area contributed by atoms with Gasteiger partial charge in [0, 0.05) is 17.2 Å². The van der Waals surface area contributed by atoms with Crippen LogP contribution in [0.1, 0.15) is 37.7 Å². The van der Waals surface area contributed by atoms with E-state index in [0.29, 0.717) is 16.5 Å². The predicted molar refractivity (Wildman–Crippen MR) is 93.1 cm³/mol. The van der Waals surface area contributed by atoms with Crippen LogP contribution in [0.2, 0.25) is 0 Å². The number of hydrogen-bond donors (Lipinski definition) is 2. The lowest BCUT2D eigenvalue weighted by Gasteiger charge is -2.24. The fourth-order valence-electron chi connectivity index (χ4n) is 3.59. The second kappa shape index (κ2) is 5.85. The second-order valence-corrected chi connectivity index (χ2v) is 6.63. The highest BCUT2D eigenvalue weighted by atomic mass is 35.5. The highest BCUT2D eigenvalue weighted by molar-refractivity contribution is 6.50. The van der Waals surface area contributed by atoms with Crippen molar-refractivity contribution in [3.63, 3.8) is 0 Å². The van der Waals surface area contributed by atoms with Crippen LogP contribution < -0.4 is 10.7 Å². The van der Waals surface area contributed by atoms with Crippen LogP contribution >= 0.6 is 11.6 Å². The molecule has 0 spiro atoms. The molecular formula is C18H18ClN3O. The Morgan fingerprint density at radius 3 is 2.74 bits per heavy atom. The number of amides is 1. The number of hydrogen-bond acceptors (Lipinski definition) is 3. The van der Waals surface area contributed by atoms with Gasteiger partial charge in [0.2, 0.25) is 0 Å². The number of allylic oxidation sites excluding steroid dienone is 1. The summed E-state index contributed by atoms with van der Waals surface area (Å²) in [5.41, 5.74) is 6.78. The maximum absolute atomic E-state index is 12.3. The Balaban J connectivity index is 1.75. The normalized spacial score (nSPS) is 24.5. The van der Waals surface area contributed by atoms with Crippen molar-refractivity contribution in [2.45, 2.75) is 32.1 Å². The van der Waals surface area contributed by atoms with Crippen molar-refractivity contribution in [1.29, 1.82) is 0 Å². The average Bonchev–Trinajstić information content (AvgIpc) is 2.97. The van der Waals surface area contributed by atoms with Crippen LogP contribution in [-0.2, 0) is 4.79 Å². The topological polar surface area (TPSA) is 53.5 Å². The van der Waals surface area contributed by atoms with Crippen LogP contribution in [-0.4, -0.2) is 11.6 Å². The van der Waals surface area contributed by atoms with Crippen LogP contribution in [0.4, 0.5) is 5.69 Å². The Morgan fingerprint density at radius 1 is 1.13 bits per heavy atom. The Bertz CT molecular complexity index is 757. The van der Waals surface area contributed by atoms with E-state index < -0.39 is 0 Å². The zero-order valence-electron chi connectivity index (χ0n) is 12.7. The summed E-state index contributed by atoms with van der Waals surface area (Å²) < 4.78 is 0. The number of rotatable bonds is 1. The molecule has 1 aromatic rings. The molecule has 2 heterocycles. The van der Waals surface area contributed by atoms with Gasteiger partial charge in [-0.25, -0.2) is 5.43 Å². The first-order chi connectivity index (χ1) is 11.2. The van der Waals surface area contributed by atoms with Gasteiger partial charge in [0.05, 0.1) is 22.0 Å². The lowest BCUT2D eigenvalue weighted by molar-refractivity contribution is -0.116. The number of carbonyl (C=O) groups excluding carboxylic acids is 1. The van der Waals surface area contributed by atoms with Gasteiger partial charge in [-0.05, 0) is 25.0 Å². The average molecular weight is 328 g/mol. The fraction of sp³-hybridized carbons (Fsp3) is 0.333. The third-order valence-corrected chi connectivity index (χ3v) is 5.06. The summed E-state index contributed by atoms with van der Waals surface area (Å²) in [6, 6.07) is 7.84. The van der Waals surface area contributed by atoms with Crippen molar-refractivity contribution in [2.24, 2.45) is 11.0 Å². The van der Waals surface area contributed by atoms with Crippen molar-refractivity contribution < 1.29 is 4.79 Å². The van der Waals surface area contributed by atoms with Crippen molar-refractivity contribution in [1.82, 2.24) is 5.43 Å². The van der Waals surface area contributed by atoms with Gasteiger partial charge in [-0.1, -0.05) is 49.1 Å². The van der Waals surface area contributed by atoms with Crippen molar-refractivity contribution in [2.75, 3.05) is 5.32 Å². The molecule has 4 nitrogen and oxygen atoms in total. The summed E-state index contributed by atoms with van der Waals surface area (Å²) in [7, 11) is 0. The molecule has 1 aromatic carbocycles. The SMILES string of the molecule is O=C1NN=C(C2CCCCC2)C1=C1C=C(Cl)c2ccccc2N1. The minimum absolute atomic E-state index is 0.145. The highest BCUT2D eigenvalue weighted by Crippen LogP contribution is 2.36. The molecule has 4 rings (SSSR count). The van der Waals surface area contributed by atoms with E-state index in [1.54, 1.807) is 0 Å². The van der Waals surface area contributed by atoms with Crippen LogP contribution in [0.3, 0.4) is 0 Å². The van der Waals surface area contributed by atoms with Crippen molar-refractivity contribution in [3.8, 4) is 0 Å². The molecule has 0 saturated heterocycles. The smallest absolute Gasteiger partial charge is 0.275 e. The molecule has 0 bridgehead atoms. The molecule has 118 valence electrons. The van der Waals surface area contributed by atoms with Crippen LogP contribution in [0.15, 0.2) is 46.7 Å². The zero-order chi connectivity index (χ0) is 15.8. The number of benzene rings is 1. The van der Waals surface area contributed by atoms with Crippen LogP contribution in [0.25, 0.3) is 5.03 Å². The Kier molecular flexibility index (Phi) is 3.69. The van der Waals surface area contributed by atoms with E-state index in [4.69, 9.17) is 11.6 Å². The number of hydrazone groups is 1. The molecule has 1 fully saturated rings. The highest BCUT2D eigenvalue weighted by Gasteiger charge is 2.33. The first kappa shape index (κ1) is 14.5. The van der Waals surface area contributed by atoms with E-state index >= 15 is 0 Å². The molecule has 5 heteroatoms. The largest absolute Gasteiger partial charge is 0.354 e. The van der Waals surface area contributed by atoms with E-state index in [0.717, 1.165) is 35.5 Å². The Hall–Kier alpha value is -2.07. The van der Waals surface area contributed by atoms with Gasteiger partial charge in [0.25, 0.3) is 5.91 Å². The number of nitrogens with one attached hydrogen (secondary N) is 2. The molecule has 2 aliphatic heterocycles. The molecule has 3 aliphatic rings. The molecule has 1 aliphatic carbocycles. The molecule has 1 amide bonds. The molecule has 0 radical (unpaired) electrons. The number of para-hydroxylation sites is 1. The van der Waals surface area contributed by atoms with E-state index in [-0.39, 0.29) is 5.91 Å². The third kappa shape index (κ3) is 2.57. The first-order valence-corrected chi connectivity index (χ1v) is 8.48. The summed E-state index contributed by atoms with van der Waals surface area (Å²) in [6.45, 7) is 0. The monoisotopic (exact) mass is 327 g/mol.